The minimum atomic E-state index is -3.53. The van der Waals surface area contributed by atoms with Crippen LogP contribution in [0.15, 0.2) is 39.8 Å². The van der Waals surface area contributed by atoms with Gasteiger partial charge >= 0.3 is 0 Å². The van der Waals surface area contributed by atoms with Crippen LogP contribution in [0.2, 0.25) is 0 Å². The number of rotatable bonds is 4. The Morgan fingerprint density at radius 2 is 1.81 bits per heavy atom. The van der Waals surface area contributed by atoms with Crippen LogP contribution in [0.3, 0.4) is 0 Å². The molecule has 2 heterocycles. The van der Waals surface area contributed by atoms with E-state index in [2.05, 4.69) is 24.3 Å². The number of hydrogen-bond acceptors (Lipinski definition) is 5. The Labute approximate surface area is 153 Å². The van der Waals surface area contributed by atoms with Crippen LogP contribution in [0.5, 0.6) is 0 Å². The molecule has 0 radical (unpaired) electrons. The SMILES string of the molecule is Cc1cc(C(=O)Nc2ccc(S(=O)(=O)N3CC(C)CC(C)C3)cc2)on1. The van der Waals surface area contributed by atoms with Crippen LogP contribution in [-0.2, 0) is 10.0 Å². The zero-order valence-corrected chi connectivity index (χ0v) is 15.9. The van der Waals surface area contributed by atoms with E-state index < -0.39 is 15.9 Å². The minimum absolute atomic E-state index is 0.107. The van der Waals surface area contributed by atoms with E-state index in [9.17, 15) is 13.2 Å². The first kappa shape index (κ1) is 18.6. The highest BCUT2D eigenvalue weighted by Gasteiger charge is 2.31. The zero-order valence-electron chi connectivity index (χ0n) is 15.1. The molecule has 1 aromatic carbocycles. The topological polar surface area (TPSA) is 92.5 Å². The molecule has 7 nitrogen and oxygen atoms in total. The third-order valence-electron chi connectivity index (χ3n) is 4.44. The first-order valence-electron chi connectivity index (χ1n) is 8.60. The van der Waals surface area contributed by atoms with Crippen molar-refractivity contribution in [3.8, 4) is 0 Å². The van der Waals surface area contributed by atoms with Gasteiger partial charge in [0.05, 0.1) is 10.6 Å². The fourth-order valence-electron chi connectivity index (χ4n) is 3.32. The molecule has 1 N–H and O–H groups in total. The van der Waals surface area contributed by atoms with Gasteiger partial charge in [0.1, 0.15) is 0 Å². The van der Waals surface area contributed by atoms with Gasteiger partial charge in [-0.3, -0.25) is 4.79 Å². The first-order chi connectivity index (χ1) is 12.3. The Morgan fingerprint density at radius 3 is 2.35 bits per heavy atom. The summed E-state index contributed by atoms with van der Waals surface area (Å²) in [5, 5.41) is 6.33. The number of sulfonamides is 1. The van der Waals surface area contributed by atoms with E-state index in [1.165, 1.54) is 18.2 Å². The predicted molar refractivity (Wildman–Crippen MR) is 97.3 cm³/mol. The molecule has 140 valence electrons. The Bertz CT molecular complexity index is 879. The maximum atomic E-state index is 12.9. The quantitative estimate of drug-likeness (QED) is 0.884. The number of anilines is 1. The number of piperidine rings is 1. The number of aromatic nitrogens is 1. The summed E-state index contributed by atoms with van der Waals surface area (Å²) in [4.78, 5) is 12.3. The summed E-state index contributed by atoms with van der Waals surface area (Å²) < 4.78 is 32.2. The van der Waals surface area contributed by atoms with Crippen LogP contribution in [0.1, 0.15) is 36.5 Å². The maximum Gasteiger partial charge on any atom is 0.294 e. The zero-order chi connectivity index (χ0) is 18.9. The molecule has 2 unspecified atom stereocenters. The van der Waals surface area contributed by atoms with Crippen molar-refractivity contribution in [1.82, 2.24) is 9.46 Å². The second kappa shape index (κ2) is 7.20. The number of aryl methyl sites for hydroxylation is 1. The van der Waals surface area contributed by atoms with Crippen molar-refractivity contribution in [2.45, 2.75) is 32.1 Å². The Hall–Kier alpha value is -2.19. The molecule has 1 fully saturated rings. The molecule has 1 aliphatic rings. The van der Waals surface area contributed by atoms with Gasteiger partial charge in [-0.05, 0) is 49.4 Å². The highest BCUT2D eigenvalue weighted by Crippen LogP contribution is 2.27. The molecule has 1 amide bonds. The van der Waals surface area contributed by atoms with Gasteiger partial charge in [0.2, 0.25) is 15.8 Å². The lowest BCUT2D eigenvalue weighted by molar-refractivity contribution is 0.0988. The van der Waals surface area contributed by atoms with E-state index in [1.807, 2.05) is 0 Å². The molecule has 2 aromatic rings. The molecule has 26 heavy (non-hydrogen) atoms. The van der Waals surface area contributed by atoms with Crippen LogP contribution < -0.4 is 5.32 Å². The molecule has 2 atom stereocenters. The van der Waals surface area contributed by atoms with Crippen molar-refractivity contribution < 1.29 is 17.7 Å². The van der Waals surface area contributed by atoms with Crippen LogP contribution in [0.4, 0.5) is 5.69 Å². The molecule has 8 heteroatoms. The van der Waals surface area contributed by atoms with Gasteiger partial charge in [-0.2, -0.15) is 4.31 Å². The van der Waals surface area contributed by atoms with Crippen LogP contribution in [0, 0.1) is 18.8 Å². The molecule has 0 saturated carbocycles. The number of nitrogens with zero attached hydrogens (tertiary/aromatic N) is 2. The third kappa shape index (κ3) is 3.96. The second-order valence-corrected chi connectivity index (χ2v) is 9.02. The van der Waals surface area contributed by atoms with Crippen molar-refractivity contribution in [2.24, 2.45) is 11.8 Å². The minimum Gasteiger partial charge on any atom is -0.351 e. The summed E-state index contributed by atoms with van der Waals surface area (Å²) in [6, 6.07) is 7.71. The maximum absolute atomic E-state index is 12.9. The molecule has 1 saturated heterocycles. The van der Waals surface area contributed by atoms with Gasteiger partial charge in [-0.25, -0.2) is 8.42 Å². The Balaban J connectivity index is 1.73. The summed E-state index contributed by atoms with van der Waals surface area (Å²) in [7, 11) is -3.53. The number of nitrogens with one attached hydrogen (secondary N) is 1. The van der Waals surface area contributed by atoms with Gasteiger partial charge in [0.15, 0.2) is 0 Å². The summed E-state index contributed by atoms with van der Waals surface area (Å²) in [6.45, 7) is 6.94. The van der Waals surface area contributed by atoms with Gasteiger partial charge in [-0.15, -0.1) is 0 Å². The summed E-state index contributed by atoms with van der Waals surface area (Å²) in [5.74, 6) is 0.366. The van der Waals surface area contributed by atoms with Gasteiger partial charge in [-0.1, -0.05) is 19.0 Å². The molecule has 1 aliphatic heterocycles. The van der Waals surface area contributed by atoms with Crippen molar-refractivity contribution in [3.05, 3.63) is 41.8 Å². The van der Waals surface area contributed by atoms with Crippen molar-refractivity contribution in [3.63, 3.8) is 0 Å². The second-order valence-electron chi connectivity index (χ2n) is 7.08. The Kier molecular flexibility index (Phi) is 5.15. The lowest BCUT2D eigenvalue weighted by Crippen LogP contribution is -2.42. The molecule has 0 spiro atoms. The smallest absolute Gasteiger partial charge is 0.294 e. The molecular formula is C18H23N3O4S. The molecule has 1 aromatic heterocycles. The molecule has 0 bridgehead atoms. The molecule has 0 aliphatic carbocycles. The van der Waals surface area contributed by atoms with E-state index in [0.717, 1.165) is 6.42 Å². The highest BCUT2D eigenvalue weighted by atomic mass is 32.2. The largest absolute Gasteiger partial charge is 0.351 e. The fraction of sp³-hybridized carbons (Fsp3) is 0.444. The van der Waals surface area contributed by atoms with Crippen molar-refractivity contribution >= 4 is 21.6 Å². The van der Waals surface area contributed by atoms with E-state index in [4.69, 9.17) is 4.52 Å². The predicted octanol–water partition coefficient (Wildman–Crippen LogP) is 2.90. The first-order valence-corrected chi connectivity index (χ1v) is 10.0. The van der Waals surface area contributed by atoms with E-state index >= 15 is 0 Å². The average molecular weight is 377 g/mol. The van der Waals surface area contributed by atoms with Gasteiger partial charge in [0, 0.05) is 24.8 Å². The van der Waals surface area contributed by atoms with E-state index in [1.54, 1.807) is 23.4 Å². The summed E-state index contributed by atoms with van der Waals surface area (Å²) in [6.07, 6.45) is 1.04. The molecular weight excluding hydrogens is 354 g/mol. The van der Waals surface area contributed by atoms with Crippen molar-refractivity contribution in [1.29, 1.82) is 0 Å². The van der Waals surface area contributed by atoms with Crippen LogP contribution in [0.25, 0.3) is 0 Å². The lowest BCUT2D eigenvalue weighted by Gasteiger charge is -2.34. The third-order valence-corrected chi connectivity index (χ3v) is 6.28. The van der Waals surface area contributed by atoms with E-state index in [-0.39, 0.29) is 10.7 Å². The van der Waals surface area contributed by atoms with Crippen LogP contribution >= 0.6 is 0 Å². The molecule has 3 rings (SSSR count). The van der Waals surface area contributed by atoms with Crippen molar-refractivity contribution in [2.75, 3.05) is 18.4 Å². The number of amides is 1. The van der Waals surface area contributed by atoms with Gasteiger partial charge < -0.3 is 9.84 Å². The van der Waals surface area contributed by atoms with Crippen LogP contribution in [-0.4, -0.2) is 36.9 Å². The number of benzene rings is 1. The monoisotopic (exact) mass is 377 g/mol. The normalized spacial score (nSPS) is 21.5. The number of carbonyl (C=O) groups is 1. The van der Waals surface area contributed by atoms with Gasteiger partial charge in [0.25, 0.3) is 5.91 Å². The average Bonchev–Trinajstić information content (AvgIpc) is 3.01. The number of hydrogen-bond donors (Lipinski definition) is 1. The fourth-order valence-corrected chi connectivity index (χ4v) is 5.00. The Morgan fingerprint density at radius 1 is 1.19 bits per heavy atom. The lowest BCUT2D eigenvalue weighted by atomic mass is 9.94. The van der Waals surface area contributed by atoms with E-state index in [0.29, 0.717) is 36.3 Å². The number of carbonyl (C=O) groups excluding carboxylic acids is 1. The summed E-state index contributed by atoms with van der Waals surface area (Å²) in [5.41, 5.74) is 1.10. The standard InChI is InChI=1S/C18H23N3O4S/c1-12-8-13(2)11-21(10-12)26(23,24)16-6-4-15(5-7-16)19-18(22)17-9-14(3)20-25-17/h4-7,9,12-13H,8,10-11H2,1-3H3,(H,19,22). The highest BCUT2D eigenvalue weighted by molar-refractivity contribution is 7.89. The summed E-state index contributed by atoms with van der Waals surface area (Å²) >= 11 is 0.